The maximum absolute atomic E-state index is 13.6. The molecule has 20 heavy (non-hydrogen) atoms. The second-order valence-corrected chi connectivity index (χ2v) is 5.81. The molecule has 1 unspecified atom stereocenters. The van der Waals surface area contributed by atoms with Crippen LogP contribution in [0.4, 0.5) is 4.39 Å². The van der Waals surface area contributed by atoms with Crippen LogP contribution in [0.3, 0.4) is 0 Å². The van der Waals surface area contributed by atoms with E-state index in [9.17, 15) is 4.39 Å². The second-order valence-electron chi connectivity index (χ2n) is 4.48. The van der Waals surface area contributed by atoms with Crippen LogP contribution in [0.15, 0.2) is 41.1 Å². The van der Waals surface area contributed by atoms with Crippen molar-refractivity contribution in [3.63, 3.8) is 0 Å². The van der Waals surface area contributed by atoms with Crippen LogP contribution >= 0.6 is 27.5 Å². The van der Waals surface area contributed by atoms with Gasteiger partial charge in [0.2, 0.25) is 0 Å². The summed E-state index contributed by atoms with van der Waals surface area (Å²) in [4.78, 5) is 3.98. The predicted molar refractivity (Wildman–Crippen MR) is 83.5 cm³/mol. The first kappa shape index (κ1) is 15.4. The minimum atomic E-state index is -0.252. The first-order valence-electron chi connectivity index (χ1n) is 6.38. The fraction of sp³-hybridized carbons (Fsp3) is 0.267. The summed E-state index contributed by atoms with van der Waals surface area (Å²) in [7, 11) is 0. The van der Waals surface area contributed by atoms with Crippen molar-refractivity contribution in [3.8, 4) is 0 Å². The third-order valence-electron chi connectivity index (χ3n) is 3.02. The molecule has 0 spiro atoms. The first-order chi connectivity index (χ1) is 9.60. The van der Waals surface area contributed by atoms with E-state index in [0.717, 1.165) is 22.1 Å². The molecule has 2 aromatic rings. The summed E-state index contributed by atoms with van der Waals surface area (Å²) in [6, 6.07) is 6.82. The molecular weight excluding hydrogens is 343 g/mol. The molecular formula is C15H15BrClFN2. The van der Waals surface area contributed by atoms with E-state index >= 15 is 0 Å². The maximum Gasteiger partial charge on any atom is 0.124 e. The molecule has 0 saturated heterocycles. The lowest BCUT2D eigenvalue weighted by molar-refractivity contribution is 0.542. The summed E-state index contributed by atoms with van der Waals surface area (Å²) in [5.74, 6) is -0.252. The van der Waals surface area contributed by atoms with E-state index in [1.54, 1.807) is 18.5 Å². The lowest BCUT2D eigenvalue weighted by Gasteiger charge is -2.19. The van der Waals surface area contributed by atoms with Gasteiger partial charge in [0.15, 0.2) is 0 Å². The Hall–Kier alpha value is -0.970. The lowest BCUT2D eigenvalue weighted by atomic mass is 9.99. The minimum Gasteiger partial charge on any atom is -0.310 e. The van der Waals surface area contributed by atoms with Gasteiger partial charge in [0, 0.05) is 22.9 Å². The zero-order valence-electron chi connectivity index (χ0n) is 11.0. The van der Waals surface area contributed by atoms with Crippen molar-refractivity contribution in [2.24, 2.45) is 0 Å². The number of aromatic nitrogens is 1. The number of nitrogens with one attached hydrogen (secondary N) is 1. The summed E-state index contributed by atoms with van der Waals surface area (Å²) in [6.07, 6.45) is 4.03. The molecule has 0 aliphatic rings. The maximum atomic E-state index is 13.6. The van der Waals surface area contributed by atoms with E-state index in [-0.39, 0.29) is 11.9 Å². The number of hydrogen-bond acceptors (Lipinski definition) is 2. The molecule has 2 nitrogen and oxygen atoms in total. The molecule has 0 radical (unpaired) electrons. The molecule has 0 saturated carbocycles. The number of pyridine rings is 1. The molecule has 1 aromatic carbocycles. The predicted octanol–water partition coefficient (Wildman–Crippen LogP) is 4.53. The highest BCUT2D eigenvalue weighted by Crippen LogP contribution is 2.25. The van der Waals surface area contributed by atoms with Crippen LogP contribution in [0.5, 0.6) is 0 Å². The van der Waals surface area contributed by atoms with Crippen LogP contribution in [-0.4, -0.2) is 11.5 Å². The largest absolute Gasteiger partial charge is 0.310 e. The average Bonchev–Trinajstić information content (AvgIpc) is 2.39. The number of halogens is 3. The number of rotatable bonds is 5. The number of nitrogens with zero attached hydrogens (tertiary/aromatic N) is 1. The molecule has 0 bridgehead atoms. The van der Waals surface area contributed by atoms with Crippen molar-refractivity contribution in [1.82, 2.24) is 10.3 Å². The Kier molecular flexibility index (Phi) is 5.52. The third kappa shape index (κ3) is 4.01. The molecule has 1 heterocycles. The fourth-order valence-electron chi connectivity index (χ4n) is 2.12. The van der Waals surface area contributed by atoms with Gasteiger partial charge in [-0.05, 0) is 48.4 Å². The monoisotopic (exact) mass is 356 g/mol. The van der Waals surface area contributed by atoms with Crippen molar-refractivity contribution < 1.29 is 4.39 Å². The van der Waals surface area contributed by atoms with Gasteiger partial charge in [0.05, 0.1) is 5.02 Å². The normalized spacial score (nSPS) is 12.4. The van der Waals surface area contributed by atoms with E-state index in [1.807, 2.05) is 19.1 Å². The topological polar surface area (TPSA) is 24.9 Å². The summed E-state index contributed by atoms with van der Waals surface area (Å²) >= 11 is 9.47. The quantitative estimate of drug-likeness (QED) is 0.850. The Bertz CT molecular complexity index is 572. The Balaban J connectivity index is 2.29. The zero-order valence-corrected chi connectivity index (χ0v) is 13.4. The molecule has 2 rings (SSSR count). The average molecular weight is 358 g/mol. The number of benzene rings is 1. The smallest absolute Gasteiger partial charge is 0.124 e. The van der Waals surface area contributed by atoms with Gasteiger partial charge in [0.1, 0.15) is 5.82 Å². The van der Waals surface area contributed by atoms with Crippen LogP contribution in [0, 0.1) is 5.82 Å². The van der Waals surface area contributed by atoms with Crippen molar-refractivity contribution >= 4 is 27.5 Å². The minimum absolute atomic E-state index is 0.00639. The molecule has 0 fully saturated rings. The van der Waals surface area contributed by atoms with Gasteiger partial charge in [-0.3, -0.25) is 4.98 Å². The van der Waals surface area contributed by atoms with Crippen molar-refractivity contribution in [2.45, 2.75) is 19.4 Å². The molecule has 1 atom stereocenters. The summed E-state index contributed by atoms with van der Waals surface area (Å²) < 4.78 is 14.3. The fourth-order valence-corrected chi connectivity index (χ4v) is 2.80. The second kappa shape index (κ2) is 7.16. The van der Waals surface area contributed by atoms with Gasteiger partial charge in [-0.1, -0.05) is 34.5 Å². The number of likely N-dealkylation sites (N-methyl/N-ethyl adjacent to an activating group) is 1. The van der Waals surface area contributed by atoms with Crippen LogP contribution in [0.2, 0.25) is 5.02 Å². The summed E-state index contributed by atoms with van der Waals surface area (Å²) in [6.45, 7) is 2.82. The Morgan fingerprint density at radius 2 is 2.20 bits per heavy atom. The van der Waals surface area contributed by atoms with Gasteiger partial charge in [-0.25, -0.2) is 4.39 Å². The van der Waals surface area contributed by atoms with E-state index in [0.29, 0.717) is 11.4 Å². The Labute approximate surface area is 131 Å². The highest BCUT2D eigenvalue weighted by molar-refractivity contribution is 9.10. The third-order valence-corrected chi connectivity index (χ3v) is 3.82. The lowest BCUT2D eigenvalue weighted by Crippen LogP contribution is -2.23. The molecule has 5 heteroatoms. The van der Waals surface area contributed by atoms with Crippen LogP contribution in [0.1, 0.15) is 24.1 Å². The SMILES string of the molecule is CCNC(Cc1ccncc1Cl)c1cc(F)cc(Br)c1. The van der Waals surface area contributed by atoms with Crippen LogP contribution in [-0.2, 0) is 6.42 Å². The van der Waals surface area contributed by atoms with E-state index in [4.69, 9.17) is 11.6 Å². The molecule has 0 aliphatic heterocycles. The van der Waals surface area contributed by atoms with E-state index in [1.165, 1.54) is 6.07 Å². The van der Waals surface area contributed by atoms with Gasteiger partial charge in [-0.15, -0.1) is 0 Å². The van der Waals surface area contributed by atoms with Gasteiger partial charge >= 0.3 is 0 Å². The van der Waals surface area contributed by atoms with E-state index < -0.39 is 0 Å². The zero-order chi connectivity index (χ0) is 14.5. The standard InChI is InChI=1S/C15H15BrClFN2/c1-2-20-15(7-10-3-4-19-9-14(10)17)11-5-12(16)8-13(18)6-11/h3-6,8-9,15,20H,2,7H2,1H3. The molecule has 1 N–H and O–H groups in total. The molecule has 0 amide bonds. The highest BCUT2D eigenvalue weighted by Gasteiger charge is 2.14. The van der Waals surface area contributed by atoms with Crippen LogP contribution in [0.25, 0.3) is 0 Å². The Morgan fingerprint density at radius 3 is 2.85 bits per heavy atom. The summed E-state index contributed by atoms with van der Waals surface area (Å²) in [5.41, 5.74) is 1.89. The van der Waals surface area contributed by atoms with Crippen molar-refractivity contribution in [3.05, 3.63) is 63.1 Å². The van der Waals surface area contributed by atoms with Gasteiger partial charge < -0.3 is 5.32 Å². The molecule has 1 aromatic heterocycles. The van der Waals surface area contributed by atoms with E-state index in [2.05, 4.69) is 26.2 Å². The Morgan fingerprint density at radius 1 is 1.40 bits per heavy atom. The highest BCUT2D eigenvalue weighted by atomic mass is 79.9. The molecule has 106 valence electrons. The van der Waals surface area contributed by atoms with Crippen molar-refractivity contribution in [1.29, 1.82) is 0 Å². The molecule has 0 aliphatic carbocycles. The van der Waals surface area contributed by atoms with Gasteiger partial charge in [-0.2, -0.15) is 0 Å². The number of hydrogen-bond donors (Lipinski definition) is 1. The summed E-state index contributed by atoms with van der Waals surface area (Å²) in [5, 5.41) is 3.99. The van der Waals surface area contributed by atoms with Crippen molar-refractivity contribution in [2.75, 3.05) is 6.54 Å². The first-order valence-corrected chi connectivity index (χ1v) is 7.55. The van der Waals surface area contributed by atoms with Crippen LogP contribution < -0.4 is 5.32 Å². The van der Waals surface area contributed by atoms with Gasteiger partial charge in [0.25, 0.3) is 0 Å².